The predicted molar refractivity (Wildman–Crippen MR) is 73.0 cm³/mol. The van der Waals surface area contributed by atoms with Crippen LogP contribution in [0.5, 0.6) is 0 Å². The molecule has 1 rings (SSSR count). The summed E-state index contributed by atoms with van der Waals surface area (Å²) >= 11 is 5.32. The van der Waals surface area contributed by atoms with Crippen molar-refractivity contribution >= 4 is 27.7 Å². The van der Waals surface area contributed by atoms with Gasteiger partial charge in [-0.2, -0.15) is 16.9 Å². The molecule has 16 heavy (non-hydrogen) atoms. The number of nitrogens with zero attached hydrogens (tertiary/aromatic N) is 2. The first-order valence-electron chi connectivity index (χ1n) is 5.56. The van der Waals surface area contributed by atoms with E-state index in [4.69, 9.17) is 0 Å². The monoisotopic (exact) mass is 306 g/mol. The number of aliphatic hydroxyl groups is 1. The molecule has 0 aliphatic rings. The van der Waals surface area contributed by atoms with Crippen LogP contribution in [0.2, 0.25) is 0 Å². The first kappa shape index (κ1) is 14.1. The molecule has 0 saturated carbocycles. The Kier molecular flexibility index (Phi) is 5.86. The second-order valence-electron chi connectivity index (χ2n) is 3.70. The number of rotatable bonds is 6. The van der Waals surface area contributed by atoms with E-state index in [-0.39, 0.29) is 6.10 Å². The Balaban J connectivity index is 2.69. The van der Waals surface area contributed by atoms with E-state index < -0.39 is 0 Å². The average Bonchev–Trinajstić information content (AvgIpc) is 2.53. The van der Waals surface area contributed by atoms with Crippen LogP contribution in [0, 0.1) is 0 Å². The number of hydrogen-bond donors (Lipinski definition) is 1. The van der Waals surface area contributed by atoms with Gasteiger partial charge < -0.3 is 5.11 Å². The average molecular weight is 307 g/mol. The van der Waals surface area contributed by atoms with E-state index in [0.29, 0.717) is 6.42 Å². The van der Waals surface area contributed by atoms with Crippen LogP contribution in [-0.2, 0) is 19.9 Å². The molecule has 0 spiro atoms. The minimum absolute atomic E-state index is 0.290. The molecule has 1 heterocycles. The van der Waals surface area contributed by atoms with E-state index in [2.05, 4.69) is 34.9 Å². The van der Waals surface area contributed by atoms with Gasteiger partial charge in [0.15, 0.2) is 0 Å². The van der Waals surface area contributed by atoms with Gasteiger partial charge in [-0.15, -0.1) is 0 Å². The quantitative estimate of drug-likeness (QED) is 0.877. The maximum Gasteiger partial charge on any atom is 0.0766 e. The van der Waals surface area contributed by atoms with Gasteiger partial charge in [-0.25, -0.2) is 0 Å². The maximum atomic E-state index is 9.88. The van der Waals surface area contributed by atoms with Gasteiger partial charge in [0.1, 0.15) is 0 Å². The van der Waals surface area contributed by atoms with Gasteiger partial charge in [0.05, 0.1) is 22.0 Å². The van der Waals surface area contributed by atoms with Crippen molar-refractivity contribution < 1.29 is 5.11 Å². The zero-order valence-corrected chi connectivity index (χ0v) is 12.4. The summed E-state index contributed by atoms with van der Waals surface area (Å²) in [6.07, 6.45) is 1.28. The van der Waals surface area contributed by atoms with Crippen LogP contribution in [0.3, 0.4) is 0 Å². The number of aryl methyl sites for hydroxylation is 2. The van der Waals surface area contributed by atoms with Gasteiger partial charge in [-0.1, -0.05) is 13.8 Å². The third-order valence-electron chi connectivity index (χ3n) is 2.45. The van der Waals surface area contributed by atoms with Crippen molar-refractivity contribution in [1.29, 1.82) is 0 Å². The summed E-state index contributed by atoms with van der Waals surface area (Å²) in [4.78, 5) is 0. The van der Waals surface area contributed by atoms with Crippen molar-refractivity contribution in [1.82, 2.24) is 9.78 Å². The molecule has 92 valence electrons. The molecular weight excluding hydrogens is 288 g/mol. The van der Waals surface area contributed by atoms with E-state index in [9.17, 15) is 5.11 Å². The van der Waals surface area contributed by atoms with Gasteiger partial charge in [-0.05, 0) is 28.1 Å². The number of aromatic nitrogens is 2. The Hall–Kier alpha value is 0. The fraction of sp³-hybridized carbons (Fsp3) is 0.727. The highest BCUT2D eigenvalue weighted by Crippen LogP contribution is 2.23. The van der Waals surface area contributed by atoms with E-state index in [1.54, 1.807) is 11.8 Å². The molecule has 0 fully saturated rings. The molecule has 0 aliphatic carbocycles. The molecule has 0 radical (unpaired) electrons. The highest BCUT2D eigenvalue weighted by Gasteiger charge is 2.15. The lowest BCUT2D eigenvalue weighted by atomic mass is 10.2. The lowest BCUT2D eigenvalue weighted by Crippen LogP contribution is -2.16. The molecule has 1 aromatic rings. The Bertz CT molecular complexity index is 341. The largest absolute Gasteiger partial charge is 0.392 e. The summed E-state index contributed by atoms with van der Waals surface area (Å²) in [5.74, 6) is 1.83. The summed E-state index contributed by atoms with van der Waals surface area (Å²) in [7, 11) is 1.93. The van der Waals surface area contributed by atoms with E-state index in [1.165, 1.54) is 0 Å². The normalized spacial score (nSPS) is 13.1. The molecule has 1 aromatic heterocycles. The van der Waals surface area contributed by atoms with Gasteiger partial charge >= 0.3 is 0 Å². The number of aliphatic hydroxyl groups excluding tert-OH is 1. The second kappa shape index (κ2) is 6.67. The van der Waals surface area contributed by atoms with Crippen molar-refractivity contribution in [3.8, 4) is 0 Å². The van der Waals surface area contributed by atoms with Crippen LogP contribution < -0.4 is 0 Å². The van der Waals surface area contributed by atoms with Crippen molar-refractivity contribution in [2.45, 2.75) is 32.8 Å². The third-order valence-corrected chi connectivity index (χ3v) is 4.39. The van der Waals surface area contributed by atoms with Crippen molar-refractivity contribution in [3.05, 3.63) is 15.9 Å². The lowest BCUT2D eigenvalue weighted by molar-refractivity contribution is 0.197. The van der Waals surface area contributed by atoms with Crippen LogP contribution in [-0.4, -0.2) is 32.5 Å². The molecule has 3 nitrogen and oxygen atoms in total. The minimum Gasteiger partial charge on any atom is -0.392 e. The van der Waals surface area contributed by atoms with Crippen molar-refractivity contribution in [2.75, 3.05) is 11.5 Å². The summed E-state index contributed by atoms with van der Waals surface area (Å²) in [5, 5.41) is 14.3. The molecule has 0 bridgehead atoms. The first-order valence-corrected chi connectivity index (χ1v) is 7.50. The van der Waals surface area contributed by atoms with Gasteiger partial charge in [0.2, 0.25) is 0 Å². The molecule has 1 atom stereocenters. The van der Waals surface area contributed by atoms with Crippen LogP contribution in [0.15, 0.2) is 4.47 Å². The molecule has 0 amide bonds. The highest BCUT2D eigenvalue weighted by molar-refractivity contribution is 9.10. The standard InChI is InChI=1S/C11H19BrN2OS/c1-4-9-11(12)10(14(3)13-9)6-8(15)7-16-5-2/h8,15H,4-7H2,1-3H3. The topological polar surface area (TPSA) is 38.1 Å². The van der Waals surface area contributed by atoms with Gasteiger partial charge in [0, 0.05) is 19.2 Å². The Morgan fingerprint density at radius 2 is 2.19 bits per heavy atom. The van der Waals surface area contributed by atoms with E-state index >= 15 is 0 Å². The van der Waals surface area contributed by atoms with Crippen LogP contribution in [0.4, 0.5) is 0 Å². The zero-order valence-electron chi connectivity index (χ0n) is 10.0. The smallest absolute Gasteiger partial charge is 0.0766 e. The predicted octanol–water partition coefficient (Wildman–Crippen LogP) is 2.40. The molecule has 0 aromatic carbocycles. The Morgan fingerprint density at radius 1 is 1.50 bits per heavy atom. The Labute approximate surface area is 110 Å². The molecule has 5 heteroatoms. The number of thioether (sulfide) groups is 1. The van der Waals surface area contributed by atoms with Crippen molar-refractivity contribution in [3.63, 3.8) is 0 Å². The summed E-state index contributed by atoms with van der Waals surface area (Å²) in [6, 6.07) is 0. The molecule has 0 aliphatic heterocycles. The molecule has 0 saturated heterocycles. The van der Waals surface area contributed by atoms with Crippen LogP contribution in [0.1, 0.15) is 25.2 Å². The summed E-state index contributed by atoms with van der Waals surface area (Å²) < 4.78 is 2.92. The fourth-order valence-corrected chi connectivity index (χ4v) is 2.98. The SMILES string of the molecule is CCSCC(O)Cc1c(Br)c(CC)nn1C. The molecule has 1 N–H and O–H groups in total. The molecular formula is C11H19BrN2OS. The fourth-order valence-electron chi connectivity index (χ4n) is 1.58. The number of halogens is 1. The maximum absolute atomic E-state index is 9.88. The van der Waals surface area contributed by atoms with Crippen LogP contribution in [0.25, 0.3) is 0 Å². The van der Waals surface area contributed by atoms with Crippen LogP contribution >= 0.6 is 27.7 Å². The molecule has 1 unspecified atom stereocenters. The van der Waals surface area contributed by atoms with E-state index in [1.807, 2.05) is 11.7 Å². The Morgan fingerprint density at radius 3 is 2.69 bits per heavy atom. The minimum atomic E-state index is -0.290. The third kappa shape index (κ3) is 3.50. The zero-order chi connectivity index (χ0) is 12.1. The lowest BCUT2D eigenvalue weighted by Gasteiger charge is -2.10. The first-order chi connectivity index (χ1) is 7.60. The summed E-state index contributed by atoms with van der Waals surface area (Å²) in [6.45, 7) is 4.19. The van der Waals surface area contributed by atoms with Gasteiger partial charge in [-0.3, -0.25) is 4.68 Å². The van der Waals surface area contributed by atoms with Crippen molar-refractivity contribution in [2.24, 2.45) is 7.05 Å². The van der Waals surface area contributed by atoms with Gasteiger partial charge in [0.25, 0.3) is 0 Å². The highest BCUT2D eigenvalue weighted by atomic mass is 79.9. The second-order valence-corrected chi connectivity index (χ2v) is 5.81. The van der Waals surface area contributed by atoms with E-state index in [0.717, 1.165) is 33.8 Å². The number of hydrogen-bond acceptors (Lipinski definition) is 3. The summed E-state index contributed by atoms with van der Waals surface area (Å²) in [5.41, 5.74) is 2.15.